The molecule has 1 aromatic carbocycles. The topological polar surface area (TPSA) is 21.3 Å². The van der Waals surface area contributed by atoms with Crippen molar-refractivity contribution in [2.45, 2.75) is 32.4 Å². The highest BCUT2D eigenvalue weighted by atomic mass is 19.1. The molecule has 0 radical (unpaired) electrons. The predicted molar refractivity (Wildman–Crippen MR) is 66.3 cm³/mol. The number of hydrogen-bond donors (Lipinski definition) is 1. The van der Waals surface area contributed by atoms with Gasteiger partial charge in [0.15, 0.2) is 0 Å². The number of nitrogens with one attached hydrogen (secondary N) is 1. The maximum Gasteiger partial charge on any atom is 0.123 e. The molecule has 2 rings (SSSR count). The Labute approximate surface area is 102 Å². The number of halogens is 1. The zero-order chi connectivity index (χ0) is 12.3. The highest BCUT2D eigenvalue weighted by Gasteiger charge is 2.23. The normalized spacial score (nSPS) is 23.6. The first-order valence-corrected chi connectivity index (χ1v) is 6.26. The van der Waals surface area contributed by atoms with Crippen LogP contribution in [0.3, 0.4) is 0 Å². The van der Waals surface area contributed by atoms with E-state index in [2.05, 4.69) is 19.2 Å². The SMILES string of the molecule is CC(N[C@@H](C)c1ccc(F)cc1)C1CCOC1. The van der Waals surface area contributed by atoms with Crippen LogP contribution in [0.2, 0.25) is 0 Å². The van der Waals surface area contributed by atoms with E-state index in [1.54, 1.807) is 0 Å². The Morgan fingerprint density at radius 2 is 2.00 bits per heavy atom. The molecular weight excluding hydrogens is 217 g/mol. The largest absolute Gasteiger partial charge is 0.381 e. The van der Waals surface area contributed by atoms with E-state index in [9.17, 15) is 4.39 Å². The molecular formula is C14H20FNO. The van der Waals surface area contributed by atoms with Gasteiger partial charge in [0.2, 0.25) is 0 Å². The molecule has 0 amide bonds. The first kappa shape index (κ1) is 12.5. The molecule has 1 aliphatic heterocycles. The molecule has 17 heavy (non-hydrogen) atoms. The average Bonchev–Trinajstić information content (AvgIpc) is 2.83. The molecule has 0 aromatic heterocycles. The van der Waals surface area contributed by atoms with Gasteiger partial charge in [-0.3, -0.25) is 0 Å². The maximum atomic E-state index is 12.8. The van der Waals surface area contributed by atoms with Gasteiger partial charge in [-0.15, -0.1) is 0 Å². The third-order valence-electron chi connectivity index (χ3n) is 3.55. The Hall–Kier alpha value is -0.930. The second-order valence-electron chi connectivity index (χ2n) is 4.85. The molecule has 3 heteroatoms. The Balaban J connectivity index is 1.91. The predicted octanol–water partition coefficient (Wildman–Crippen LogP) is 2.90. The van der Waals surface area contributed by atoms with Crippen molar-refractivity contribution in [3.8, 4) is 0 Å². The third-order valence-corrected chi connectivity index (χ3v) is 3.55. The molecule has 2 unspecified atom stereocenters. The Bertz CT molecular complexity index is 346. The van der Waals surface area contributed by atoms with Crippen molar-refractivity contribution in [3.63, 3.8) is 0 Å². The van der Waals surface area contributed by atoms with E-state index in [1.807, 2.05) is 12.1 Å². The number of benzene rings is 1. The molecule has 0 saturated carbocycles. The summed E-state index contributed by atoms with van der Waals surface area (Å²) in [6.07, 6.45) is 1.13. The molecule has 0 aliphatic carbocycles. The second-order valence-corrected chi connectivity index (χ2v) is 4.85. The summed E-state index contributed by atoms with van der Waals surface area (Å²) >= 11 is 0. The average molecular weight is 237 g/mol. The fourth-order valence-corrected chi connectivity index (χ4v) is 2.33. The van der Waals surface area contributed by atoms with Gasteiger partial charge in [-0.05, 0) is 43.9 Å². The minimum Gasteiger partial charge on any atom is -0.381 e. The molecule has 94 valence electrons. The van der Waals surface area contributed by atoms with Gasteiger partial charge in [-0.1, -0.05) is 12.1 Å². The monoisotopic (exact) mass is 237 g/mol. The Kier molecular flexibility index (Phi) is 4.13. The molecule has 2 nitrogen and oxygen atoms in total. The maximum absolute atomic E-state index is 12.8. The zero-order valence-electron chi connectivity index (χ0n) is 10.4. The van der Waals surface area contributed by atoms with Gasteiger partial charge in [0.1, 0.15) is 5.82 Å². The first-order valence-electron chi connectivity index (χ1n) is 6.26. The first-order chi connectivity index (χ1) is 8.16. The van der Waals surface area contributed by atoms with Crippen LogP contribution < -0.4 is 5.32 Å². The second kappa shape index (κ2) is 5.61. The third kappa shape index (κ3) is 3.27. The van der Waals surface area contributed by atoms with Crippen LogP contribution in [0.4, 0.5) is 4.39 Å². The molecule has 1 heterocycles. The van der Waals surface area contributed by atoms with Gasteiger partial charge < -0.3 is 10.1 Å². The molecule has 0 bridgehead atoms. The lowest BCUT2D eigenvalue weighted by Gasteiger charge is -2.24. The van der Waals surface area contributed by atoms with E-state index in [0.717, 1.165) is 25.2 Å². The summed E-state index contributed by atoms with van der Waals surface area (Å²) < 4.78 is 18.2. The molecule has 1 saturated heterocycles. The van der Waals surface area contributed by atoms with Crippen molar-refractivity contribution in [1.29, 1.82) is 0 Å². The van der Waals surface area contributed by atoms with Crippen LogP contribution in [0, 0.1) is 11.7 Å². The van der Waals surface area contributed by atoms with Crippen molar-refractivity contribution in [2.75, 3.05) is 13.2 Å². The van der Waals surface area contributed by atoms with Crippen LogP contribution in [0.1, 0.15) is 31.9 Å². The van der Waals surface area contributed by atoms with Crippen LogP contribution in [-0.4, -0.2) is 19.3 Å². The quantitative estimate of drug-likeness (QED) is 0.869. The summed E-state index contributed by atoms with van der Waals surface area (Å²) in [5, 5.41) is 3.56. The van der Waals surface area contributed by atoms with Crippen molar-refractivity contribution in [3.05, 3.63) is 35.6 Å². The van der Waals surface area contributed by atoms with Crippen molar-refractivity contribution in [2.24, 2.45) is 5.92 Å². The number of rotatable bonds is 4. The van der Waals surface area contributed by atoms with E-state index in [-0.39, 0.29) is 11.9 Å². The molecule has 1 aliphatic rings. The van der Waals surface area contributed by atoms with Gasteiger partial charge in [0.25, 0.3) is 0 Å². The van der Waals surface area contributed by atoms with Gasteiger partial charge >= 0.3 is 0 Å². The number of ether oxygens (including phenoxy) is 1. The summed E-state index contributed by atoms with van der Waals surface area (Å²) in [4.78, 5) is 0. The van der Waals surface area contributed by atoms with E-state index in [0.29, 0.717) is 12.0 Å². The van der Waals surface area contributed by atoms with E-state index >= 15 is 0 Å². The summed E-state index contributed by atoms with van der Waals surface area (Å²) in [6.45, 7) is 6.03. The molecule has 0 spiro atoms. The smallest absolute Gasteiger partial charge is 0.123 e. The van der Waals surface area contributed by atoms with Crippen molar-refractivity contribution < 1.29 is 9.13 Å². The molecule has 3 atom stereocenters. The Morgan fingerprint density at radius 3 is 2.59 bits per heavy atom. The molecule has 1 N–H and O–H groups in total. The van der Waals surface area contributed by atoms with E-state index in [4.69, 9.17) is 4.74 Å². The minimum absolute atomic E-state index is 0.182. The van der Waals surface area contributed by atoms with Crippen LogP contribution in [0.25, 0.3) is 0 Å². The fraction of sp³-hybridized carbons (Fsp3) is 0.571. The fourth-order valence-electron chi connectivity index (χ4n) is 2.33. The van der Waals surface area contributed by atoms with Gasteiger partial charge in [0.05, 0.1) is 6.61 Å². The van der Waals surface area contributed by atoms with E-state index in [1.165, 1.54) is 12.1 Å². The standard InChI is InChI=1S/C14H20FNO/c1-10(12-3-5-14(15)6-4-12)16-11(2)13-7-8-17-9-13/h3-6,10-11,13,16H,7-9H2,1-2H3/t10-,11?,13?/m0/s1. The summed E-state index contributed by atoms with van der Waals surface area (Å²) in [6, 6.07) is 7.37. The van der Waals surface area contributed by atoms with Crippen LogP contribution in [0.15, 0.2) is 24.3 Å². The van der Waals surface area contributed by atoms with Gasteiger partial charge in [-0.2, -0.15) is 0 Å². The van der Waals surface area contributed by atoms with Gasteiger partial charge in [0, 0.05) is 18.7 Å². The lowest BCUT2D eigenvalue weighted by molar-refractivity contribution is 0.177. The minimum atomic E-state index is -0.182. The van der Waals surface area contributed by atoms with Crippen LogP contribution in [0.5, 0.6) is 0 Å². The van der Waals surface area contributed by atoms with Crippen molar-refractivity contribution in [1.82, 2.24) is 5.32 Å². The summed E-state index contributed by atoms with van der Waals surface area (Å²) in [7, 11) is 0. The summed E-state index contributed by atoms with van der Waals surface area (Å²) in [5.74, 6) is 0.413. The van der Waals surface area contributed by atoms with E-state index < -0.39 is 0 Å². The molecule has 1 aromatic rings. The number of hydrogen-bond acceptors (Lipinski definition) is 2. The lowest BCUT2D eigenvalue weighted by Crippen LogP contribution is -2.35. The van der Waals surface area contributed by atoms with Gasteiger partial charge in [-0.25, -0.2) is 4.39 Å². The zero-order valence-corrected chi connectivity index (χ0v) is 10.4. The van der Waals surface area contributed by atoms with Crippen molar-refractivity contribution >= 4 is 0 Å². The van der Waals surface area contributed by atoms with Crippen LogP contribution >= 0.6 is 0 Å². The highest BCUT2D eigenvalue weighted by Crippen LogP contribution is 2.20. The molecule has 1 fully saturated rings. The van der Waals surface area contributed by atoms with Crippen LogP contribution in [-0.2, 0) is 4.74 Å². The summed E-state index contributed by atoms with van der Waals surface area (Å²) in [5.41, 5.74) is 1.12. The lowest BCUT2D eigenvalue weighted by atomic mass is 9.98. The Morgan fingerprint density at radius 1 is 1.29 bits per heavy atom. The highest BCUT2D eigenvalue weighted by molar-refractivity contribution is 5.19.